The third-order valence-electron chi connectivity index (χ3n) is 5.65. The molecule has 0 bridgehead atoms. The van der Waals surface area contributed by atoms with Crippen molar-refractivity contribution < 1.29 is 9.32 Å². The Morgan fingerprint density at radius 3 is 2.65 bits per heavy atom. The molecule has 0 saturated heterocycles. The first kappa shape index (κ1) is 21.3. The van der Waals surface area contributed by atoms with Crippen LogP contribution in [0.2, 0.25) is 0 Å². The number of hydrogen-bond donors (Lipinski definition) is 1. The zero-order valence-corrected chi connectivity index (χ0v) is 19.2. The highest BCUT2D eigenvalue weighted by atomic mass is 32.1. The predicted molar refractivity (Wildman–Crippen MR) is 123 cm³/mol. The molecule has 2 amide bonds. The molecule has 1 aliphatic heterocycles. The molecule has 162 valence electrons. The number of amides is 2. The first-order chi connectivity index (χ1) is 15.0. The third-order valence-corrected chi connectivity index (χ3v) is 6.51. The first-order valence-corrected chi connectivity index (χ1v) is 11.6. The maximum Gasteiger partial charge on any atom is 0.322 e. The van der Waals surface area contributed by atoms with Crippen molar-refractivity contribution in [3.8, 4) is 10.7 Å². The van der Waals surface area contributed by atoms with Crippen LogP contribution in [0.1, 0.15) is 57.2 Å². The summed E-state index contributed by atoms with van der Waals surface area (Å²) >= 11 is 1.57. The number of benzene rings is 1. The molecule has 3 heterocycles. The lowest BCUT2D eigenvalue weighted by atomic mass is 9.93. The number of aromatic nitrogens is 2. The Labute approximate surface area is 187 Å². The van der Waals surface area contributed by atoms with Crippen LogP contribution in [-0.2, 0) is 6.42 Å². The molecule has 7 heteroatoms. The third kappa shape index (κ3) is 4.42. The van der Waals surface area contributed by atoms with E-state index in [4.69, 9.17) is 4.52 Å². The number of aryl methyl sites for hydroxylation is 1. The predicted octanol–water partition coefficient (Wildman–Crippen LogP) is 5.90. The fraction of sp³-hybridized carbons (Fsp3) is 0.375. The average molecular weight is 437 g/mol. The first-order valence-electron chi connectivity index (χ1n) is 10.7. The van der Waals surface area contributed by atoms with Gasteiger partial charge < -0.3 is 9.84 Å². The summed E-state index contributed by atoms with van der Waals surface area (Å²) in [5.41, 5.74) is 3.96. The summed E-state index contributed by atoms with van der Waals surface area (Å²) in [5, 5.41) is 9.36. The van der Waals surface area contributed by atoms with Crippen LogP contribution in [0.25, 0.3) is 16.3 Å². The zero-order valence-electron chi connectivity index (χ0n) is 18.4. The molecule has 6 nitrogen and oxygen atoms in total. The van der Waals surface area contributed by atoms with E-state index in [-0.39, 0.29) is 12.1 Å². The normalized spacial score (nSPS) is 16.9. The monoisotopic (exact) mass is 436 g/mol. The molecule has 0 aliphatic carbocycles. The maximum absolute atomic E-state index is 13.0. The molecule has 4 rings (SSSR count). The van der Waals surface area contributed by atoms with Crippen LogP contribution in [0.5, 0.6) is 0 Å². The van der Waals surface area contributed by atoms with E-state index >= 15 is 0 Å². The van der Waals surface area contributed by atoms with E-state index < -0.39 is 0 Å². The molecule has 3 aromatic rings. The highest BCUT2D eigenvalue weighted by molar-refractivity contribution is 7.13. The summed E-state index contributed by atoms with van der Waals surface area (Å²) in [6.07, 6.45) is 1.88. The minimum atomic E-state index is -0.342. The van der Waals surface area contributed by atoms with Crippen LogP contribution in [0.15, 0.2) is 52.0 Å². The van der Waals surface area contributed by atoms with Gasteiger partial charge in [-0.1, -0.05) is 56.3 Å². The second-order valence-corrected chi connectivity index (χ2v) is 9.16. The Kier molecular flexibility index (Phi) is 6.23. The Morgan fingerprint density at radius 1 is 1.23 bits per heavy atom. The second-order valence-electron chi connectivity index (χ2n) is 8.21. The summed E-state index contributed by atoms with van der Waals surface area (Å²) < 4.78 is 5.71. The molecule has 1 atom stereocenters. The molecule has 1 aliphatic rings. The molecule has 0 spiro atoms. The van der Waals surface area contributed by atoms with Gasteiger partial charge in [-0.2, -0.15) is 4.98 Å². The van der Waals surface area contributed by atoms with Gasteiger partial charge in [-0.05, 0) is 48.3 Å². The van der Waals surface area contributed by atoms with E-state index in [0.29, 0.717) is 24.2 Å². The van der Waals surface area contributed by atoms with Gasteiger partial charge in [0.1, 0.15) is 0 Å². The van der Waals surface area contributed by atoms with Crippen LogP contribution in [0.4, 0.5) is 4.79 Å². The smallest absolute Gasteiger partial charge is 0.322 e. The van der Waals surface area contributed by atoms with E-state index in [1.807, 2.05) is 24.4 Å². The molecule has 0 saturated carbocycles. The zero-order chi connectivity index (χ0) is 22.0. The Balaban J connectivity index is 1.77. The number of rotatable bonds is 7. The van der Waals surface area contributed by atoms with Crippen molar-refractivity contribution in [3.05, 3.63) is 64.5 Å². The summed E-state index contributed by atoms with van der Waals surface area (Å²) in [4.78, 5) is 20.4. The van der Waals surface area contributed by atoms with Gasteiger partial charge in [0.05, 0.1) is 16.5 Å². The topological polar surface area (TPSA) is 71.3 Å². The van der Waals surface area contributed by atoms with Gasteiger partial charge in [0.25, 0.3) is 5.89 Å². The number of hydrogen-bond acceptors (Lipinski definition) is 5. The minimum absolute atomic E-state index is 0.0931. The molecule has 0 radical (unpaired) electrons. The summed E-state index contributed by atoms with van der Waals surface area (Å²) in [6.45, 7) is 9.06. The number of nitrogens with zero attached hydrogens (tertiary/aromatic N) is 3. The van der Waals surface area contributed by atoms with Crippen molar-refractivity contribution in [2.24, 2.45) is 5.92 Å². The van der Waals surface area contributed by atoms with Crippen molar-refractivity contribution in [2.45, 2.75) is 46.6 Å². The van der Waals surface area contributed by atoms with Crippen molar-refractivity contribution in [2.75, 3.05) is 6.54 Å². The van der Waals surface area contributed by atoms with E-state index in [0.717, 1.165) is 34.6 Å². The fourth-order valence-corrected chi connectivity index (χ4v) is 4.40. The van der Waals surface area contributed by atoms with Crippen molar-refractivity contribution in [1.29, 1.82) is 0 Å². The van der Waals surface area contributed by atoms with Crippen molar-refractivity contribution in [3.63, 3.8) is 0 Å². The fourth-order valence-electron chi connectivity index (χ4n) is 3.75. The summed E-state index contributed by atoms with van der Waals surface area (Å²) in [7, 11) is 0. The van der Waals surface area contributed by atoms with E-state index in [9.17, 15) is 4.79 Å². The van der Waals surface area contributed by atoms with Crippen molar-refractivity contribution >= 4 is 22.9 Å². The van der Waals surface area contributed by atoms with Gasteiger partial charge in [-0.15, -0.1) is 11.3 Å². The Hall–Kier alpha value is -2.93. The molecule has 0 fully saturated rings. The maximum atomic E-state index is 13.0. The number of nitrogens with one attached hydrogen (secondary N) is 1. The van der Waals surface area contributed by atoms with Gasteiger partial charge in [0.2, 0.25) is 5.82 Å². The lowest BCUT2D eigenvalue weighted by Gasteiger charge is -2.35. The summed E-state index contributed by atoms with van der Waals surface area (Å²) in [6, 6.07) is 11.8. The second kappa shape index (κ2) is 9.06. The van der Waals surface area contributed by atoms with Gasteiger partial charge in [0.15, 0.2) is 0 Å². The van der Waals surface area contributed by atoms with Gasteiger partial charge in [-0.25, -0.2) is 4.79 Å². The van der Waals surface area contributed by atoms with Crippen LogP contribution in [-0.4, -0.2) is 27.6 Å². The Morgan fingerprint density at radius 2 is 2.00 bits per heavy atom. The molecule has 1 aromatic carbocycles. The number of allylic oxidation sites excluding steroid dienone is 1. The number of carbonyl (C=O) groups is 1. The molecular formula is C24H28N4O2S. The summed E-state index contributed by atoms with van der Waals surface area (Å²) in [5.74, 6) is 1.51. The number of urea groups is 1. The standard InChI is InChI=1S/C24H28N4O2S/c1-5-17-8-10-18(11-9-17)21-20(16(4)28(24(29)25-21)13-12-15(2)3)23-26-22(27-30-23)19-7-6-14-31-19/h6-11,14-15,21H,5,12-13H2,1-4H3,(H,25,29). The highest BCUT2D eigenvalue weighted by Gasteiger charge is 2.35. The van der Waals surface area contributed by atoms with E-state index in [1.54, 1.807) is 16.2 Å². The van der Waals surface area contributed by atoms with Crippen LogP contribution < -0.4 is 5.32 Å². The van der Waals surface area contributed by atoms with Crippen molar-refractivity contribution in [1.82, 2.24) is 20.4 Å². The quantitative estimate of drug-likeness (QED) is 0.500. The van der Waals surface area contributed by atoms with Crippen LogP contribution >= 0.6 is 11.3 Å². The molecule has 1 unspecified atom stereocenters. The van der Waals surface area contributed by atoms with Gasteiger partial charge in [0, 0.05) is 12.2 Å². The van der Waals surface area contributed by atoms with Crippen LogP contribution in [0.3, 0.4) is 0 Å². The highest BCUT2D eigenvalue weighted by Crippen LogP contribution is 2.38. The van der Waals surface area contributed by atoms with Crippen LogP contribution in [0, 0.1) is 5.92 Å². The molecule has 1 N–H and O–H groups in total. The lowest BCUT2D eigenvalue weighted by Crippen LogP contribution is -2.46. The largest absolute Gasteiger partial charge is 0.334 e. The SMILES string of the molecule is CCc1ccc(C2NC(=O)N(CCC(C)C)C(C)=C2c2nc(-c3cccs3)no2)cc1. The number of thiophene rings is 1. The minimum Gasteiger partial charge on any atom is -0.334 e. The Bertz CT molecular complexity index is 1070. The van der Waals surface area contributed by atoms with Gasteiger partial charge in [-0.3, -0.25) is 4.90 Å². The lowest BCUT2D eigenvalue weighted by molar-refractivity contribution is 0.202. The van der Waals surface area contributed by atoms with Gasteiger partial charge >= 0.3 is 6.03 Å². The molecular weight excluding hydrogens is 408 g/mol. The molecule has 31 heavy (non-hydrogen) atoms. The van der Waals surface area contributed by atoms with E-state index in [2.05, 4.69) is 60.5 Å². The molecule has 2 aromatic heterocycles. The number of carbonyl (C=O) groups excluding carboxylic acids is 1. The van der Waals surface area contributed by atoms with E-state index in [1.165, 1.54) is 5.56 Å². The average Bonchev–Trinajstić information content (AvgIpc) is 3.45.